The van der Waals surface area contributed by atoms with E-state index in [0.717, 1.165) is 29.5 Å². The predicted molar refractivity (Wildman–Crippen MR) is 91.1 cm³/mol. The monoisotopic (exact) mass is 381 g/mol. The lowest BCUT2D eigenvalue weighted by molar-refractivity contribution is -0.137. The number of anilines is 3. The Balaban J connectivity index is 1.90. The number of thiazole rings is 1. The molecule has 0 aliphatic rings. The van der Waals surface area contributed by atoms with Crippen molar-refractivity contribution in [1.82, 2.24) is 4.98 Å². The fourth-order valence-corrected chi connectivity index (χ4v) is 3.05. The molecule has 0 saturated heterocycles. The molecule has 0 radical (unpaired) electrons. The topological polar surface area (TPSA) is 68.0 Å². The molecule has 134 valence electrons. The van der Waals surface area contributed by atoms with Gasteiger partial charge in [0.25, 0.3) is 0 Å². The molecule has 4 nitrogen and oxygen atoms in total. The highest BCUT2D eigenvalue weighted by molar-refractivity contribution is 7.18. The molecule has 2 aromatic carbocycles. The molecule has 0 spiro atoms. The number of hydrogen-bond donors (Lipinski definition) is 2. The second-order valence-electron chi connectivity index (χ2n) is 5.25. The molecule has 0 unspecified atom stereocenters. The zero-order chi connectivity index (χ0) is 18.9. The lowest BCUT2D eigenvalue weighted by Crippen LogP contribution is -2.08. The van der Waals surface area contributed by atoms with E-state index in [2.05, 4.69) is 10.3 Å². The molecule has 26 heavy (non-hydrogen) atoms. The van der Waals surface area contributed by atoms with E-state index in [0.29, 0.717) is 0 Å². The van der Waals surface area contributed by atoms with Crippen LogP contribution in [0.3, 0.4) is 0 Å². The van der Waals surface area contributed by atoms with E-state index in [4.69, 9.17) is 5.73 Å². The molecule has 0 fully saturated rings. The Labute approximate surface area is 149 Å². The van der Waals surface area contributed by atoms with Crippen molar-refractivity contribution < 1.29 is 22.4 Å². The Morgan fingerprint density at radius 3 is 2.54 bits per heavy atom. The highest BCUT2D eigenvalue weighted by Crippen LogP contribution is 2.33. The number of ketones is 1. The second kappa shape index (κ2) is 6.75. The van der Waals surface area contributed by atoms with Gasteiger partial charge in [-0.05, 0) is 24.3 Å². The van der Waals surface area contributed by atoms with Crippen LogP contribution in [-0.2, 0) is 6.18 Å². The van der Waals surface area contributed by atoms with Gasteiger partial charge >= 0.3 is 6.18 Å². The lowest BCUT2D eigenvalue weighted by Gasteiger charge is -2.07. The molecule has 0 saturated carbocycles. The second-order valence-corrected chi connectivity index (χ2v) is 6.24. The van der Waals surface area contributed by atoms with E-state index in [1.165, 1.54) is 24.3 Å². The van der Waals surface area contributed by atoms with E-state index in [-0.39, 0.29) is 27.1 Å². The number of nitrogens with one attached hydrogen (secondary N) is 1. The van der Waals surface area contributed by atoms with Gasteiger partial charge in [0.05, 0.1) is 11.3 Å². The number of carbonyl (C=O) groups excluding carboxylic acids is 1. The highest BCUT2D eigenvalue weighted by Gasteiger charge is 2.31. The molecule has 0 bridgehead atoms. The molecular formula is C17H11F4N3OS. The van der Waals surface area contributed by atoms with Crippen molar-refractivity contribution in [3.05, 3.63) is 70.4 Å². The lowest BCUT2D eigenvalue weighted by atomic mass is 10.1. The van der Waals surface area contributed by atoms with Gasteiger partial charge in [-0.3, -0.25) is 4.79 Å². The summed E-state index contributed by atoms with van der Waals surface area (Å²) in [5, 5.41) is 2.85. The van der Waals surface area contributed by atoms with Gasteiger partial charge in [0.1, 0.15) is 16.5 Å². The molecule has 9 heteroatoms. The number of nitrogen functional groups attached to an aromatic ring is 1. The van der Waals surface area contributed by atoms with E-state index in [9.17, 15) is 22.4 Å². The highest BCUT2D eigenvalue weighted by atomic mass is 32.1. The van der Waals surface area contributed by atoms with Crippen molar-refractivity contribution in [3.8, 4) is 0 Å². The third-order valence-electron chi connectivity index (χ3n) is 3.43. The first-order valence-electron chi connectivity index (χ1n) is 7.25. The molecule has 0 aliphatic heterocycles. The van der Waals surface area contributed by atoms with Gasteiger partial charge in [0.2, 0.25) is 5.78 Å². The Morgan fingerprint density at radius 1 is 1.12 bits per heavy atom. The van der Waals surface area contributed by atoms with Gasteiger partial charge < -0.3 is 11.1 Å². The van der Waals surface area contributed by atoms with Crippen LogP contribution in [0.1, 0.15) is 20.8 Å². The third-order valence-corrected chi connectivity index (χ3v) is 4.41. The van der Waals surface area contributed by atoms with Crippen LogP contribution in [0.4, 0.5) is 34.2 Å². The van der Waals surface area contributed by atoms with E-state index >= 15 is 0 Å². The van der Waals surface area contributed by atoms with Crippen LogP contribution in [-0.4, -0.2) is 10.8 Å². The number of para-hydroxylation sites is 1. The Morgan fingerprint density at radius 2 is 1.85 bits per heavy atom. The summed E-state index contributed by atoms with van der Waals surface area (Å²) in [7, 11) is 0. The minimum absolute atomic E-state index is 0.0248. The first kappa shape index (κ1) is 17.9. The quantitative estimate of drug-likeness (QED) is 0.500. The SMILES string of the molecule is Nc1nc(Nc2ccccc2F)sc1C(=O)c1cccc(C(F)(F)F)c1. The fraction of sp³-hybridized carbons (Fsp3) is 0.0588. The standard InChI is InChI=1S/C17H11F4N3OS/c18-11-6-1-2-7-12(11)23-16-24-15(22)14(26-16)13(25)9-4-3-5-10(8-9)17(19,20)21/h1-8H,22H2,(H,23,24). The maximum atomic E-state index is 13.7. The number of benzene rings is 2. The molecule has 3 rings (SSSR count). The van der Waals surface area contributed by atoms with Crippen molar-refractivity contribution in [3.63, 3.8) is 0 Å². The van der Waals surface area contributed by atoms with Crippen molar-refractivity contribution in [2.45, 2.75) is 6.18 Å². The maximum absolute atomic E-state index is 13.7. The summed E-state index contributed by atoms with van der Waals surface area (Å²) in [6.07, 6.45) is -4.56. The summed E-state index contributed by atoms with van der Waals surface area (Å²) in [6.45, 7) is 0. The van der Waals surface area contributed by atoms with Gasteiger partial charge in [-0.2, -0.15) is 13.2 Å². The van der Waals surface area contributed by atoms with E-state index in [1.807, 2.05) is 0 Å². The first-order valence-corrected chi connectivity index (χ1v) is 8.07. The van der Waals surface area contributed by atoms with Crippen LogP contribution in [0.5, 0.6) is 0 Å². The summed E-state index contributed by atoms with van der Waals surface area (Å²) in [5.74, 6) is -1.35. The number of nitrogens with zero attached hydrogens (tertiary/aromatic N) is 1. The van der Waals surface area contributed by atoms with Gasteiger partial charge in [0, 0.05) is 5.56 Å². The van der Waals surface area contributed by atoms with Gasteiger partial charge in [0.15, 0.2) is 5.13 Å². The summed E-state index contributed by atoms with van der Waals surface area (Å²) >= 11 is 0.835. The average molecular weight is 381 g/mol. The number of carbonyl (C=O) groups is 1. The van der Waals surface area contributed by atoms with Crippen LogP contribution < -0.4 is 11.1 Å². The fourth-order valence-electron chi connectivity index (χ4n) is 2.19. The summed E-state index contributed by atoms with van der Waals surface area (Å²) in [6, 6.07) is 9.88. The molecule has 0 aliphatic carbocycles. The van der Waals surface area contributed by atoms with Crippen LogP contribution in [0.2, 0.25) is 0 Å². The Bertz CT molecular complexity index is 969. The molecule has 3 N–H and O–H groups in total. The average Bonchev–Trinajstić information content (AvgIpc) is 2.96. The molecule has 0 atom stereocenters. The van der Waals surface area contributed by atoms with Crippen molar-refractivity contribution in [2.24, 2.45) is 0 Å². The predicted octanol–water partition coefficient (Wildman–Crippen LogP) is 4.86. The first-order chi connectivity index (χ1) is 12.3. The largest absolute Gasteiger partial charge is 0.416 e. The van der Waals surface area contributed by atoms with Gasteiger partial charge in [-0.1, -0.05) is 35.6 Å². The van der Waals surface area contributed by atoms with Gasteiger partial charge in [-0.15, -0.1) is 0 Å². The summed E-state index contributed by atoms with van der Waals surface area (Å²) < 4.78 is 52.1. The maximum Gasteiger partial charge on any atom is 0.416 e. The Hall–Kier alpha value is -2.94. The van der Waals surface area contributed by atoms with Crippen LogP contribution in [0, 0.1) is 5.82 Å². The normalized spacial score (nSPS) is 11.4. The zero-order valence-corrected chi connectivity index (χ0v) is 13.8. The molecule has 1 heterocycles. The zero-order valence-electron chi connectivity index (χ0n) is 13.0. The minimum Gasteiger partial charge on any atom is -0.382 e. The van der Waals surface area contributed by atoms with Crippen molar-refractivity contribution >= 4 is 33.8 Å². The van der Waals surface area contributed by atoms with Gasteiger partial charge in [-0.25, -0.2) is 9.37 Å². The molecule has 3 aromatic rings. The summed E-state index contributed by atoms with van der Waals surface area (Å²) in [5.41, 5.74) is 4.76. The number of alkyl halides is 3. The smallest absolute Gasteiger partial charge is 0.382 e. The molecular weight excluding hydrogens is 370 g/mol. The van der Waals surface area contributed by atoms with Crippen molar-refractivity contribution in [1.29, 1.82) is 0 Å². The number of nitrogens with two attached hydrogens (primary N) is 1. The third kappa shape index (κ3) is 3.67. The van der Waals surface area contributed by atoms with Crippen LogP contribution in [0.15, 0.2) is 48.5 Å². The number of aromatic nitrogens is 1. The number of rotatable bonds is 4. The Kier molecular flexibility index (Phi) is 4.64. The molecule has 0 amide bonds. The van der Waals surface area contributed by atoms with E-state index < -0.39 is 23.3 Å². The van der Waals surface area contributed by atoms with Crippen molar-refractivity contribution in [2.75, 3.05) is 11.1 Å². The van der Waals surface area contributed by atoms with Crippen LogP contribution >= 0.6 is 11.3 Å². The minimum atomic E-state index is -4.56. The van der Waals surface area contributed by atoms with Crippen LogP contribution in [0.25, 0.3) is 0 Å². The molecule has 1 aromatic heterocycles. The number of hydrogen-bond acceptors (Lipinski definition) is 5. The van der Waals surface area contributed by atoms with E-state index in [1.54, 1.807) is 6.07 Å². The number of halogens is 4. The summed E-state index contributed by atoms with van der Waals surface area (Å²) in [4.78, 5) is 16.4.